The molecule has 0 radical (unpaired) electrons. The van der Waals surface area contributed by atoms with E-state index < -0.39 is 29.7 Å². The van der Waals surface area contributed by atoms with Crippen molar-refractivity contribution in [3.63, 3.8) is 0 Å². The number of primary amides is 1. The van der Waals surface area contributed by atoms with E-state index in [0.29, 0.717) is 29.5 Å². The maximum absolute atomic E-state index is 14.6. The number of para-hydroxylation sites is 1. The van der Waals surface area contributed by atoms with E-state index in [1.807, 2.05) is 6.07 Å². The van der Waals surface area contributed by atoms with Gasteiger partial charge in [-0.1, -0.05) is 35.9 Å². The molecule has 0 spiro atoms. The van der Waals surface area contributed by atoms with Gasteiger partial charge in [0.25, 0.3) is 5.91 Å². The number of nitrogens with zero attached hydrogens (tertiary/aromatic N) is 2. The fraction of sp³-hybridized carbons (Fsp3) is 0.160. The van der Waals surface area contributed by atoms with Gasteiger partial charge in [0.05, 0.1) is 23.2 Å². The third kappa shape index (κ3) is 4.13. The number of benzene rings is 3. The Hall–Kier alpha value is -3.89. The molecule has 0 fully saturated rings. The van der Waals surface area contributed by atoms with Gasteiger partial charge in [0.15, 0.2) is 0 Å². The number of carbonyl (C=O) groups is 2. The molecular formula is C25H19ClFN3O3. The number of halogens is 2. The van der Waals surface area contributed by atoms with Crippen molar-refractivity contribution in [2.24, 2.45) is 5.73 Å². The number of nitrogens with two attached hydrogens (primary N) is 1. The Morgan fingerprint density at radius 2 is 1.94 bits per heavy atom. The summed E-state index contributed by atoms with van der Waals surface area (Å²) < 4.78 is 14.6. The number of phenolic OH excluding ortho intramolecular Hbond substituents is 1. The molecule has 0 heterocycles. The van der Waals surface area contributed by atoms with Crippen molar-refractivity contribution >= 4 is 23.4 Å². The summed E-state index contributed by atoms with van der Waals surface area (Å²) in [4.78, 5) is 27.8. The normalized spacial score (nSPS) is 15.4. The summed E-state index contributed by atoms with van der Waals surface area (Å²) in [5.41, 5.74) is 7.26. The zero-order chi connectivity index (χ0) is 23.7. The first kappa shape index (κ1) is 22.3. The van der Waals surface area contributed by atoms with Gasteiger partial charge < -0.3 is 15.7 Å². The van der Waals surface area contributed by atoms with Crippen molar-refractivity contribution in [3.05, 3.63) is 99.3 Å². The average Bonchev–Trinajstić information content (AvgIpc) is 3.20. The molecule has 3 N–H and O–H groups in total. The Labute approximate surface area is 194 Å². The molecule has 0 aliphatic heterocycles. The molecule has 0 saturated carbocycles. The minimum Gasteiger partial charge on any atom is -0.507 e. The average molecular weight is 464 g/mol. The second-order valence-corrected chi connectivity index (χ2v) is 8.22. The van der Waals surface area contributed by atoms with Crippen LogP contribution in [0.1, 0.15) is 51.1 Å². The summed E-state index contributed by atoms with van der Waals surface area (Å²) in [6.07, 6.45) is 0.658. The van der Waals surface area contributed by atoms with Crippen molar-refractivity contribution < 1.29 is 19.1 Å². The van der Waals surface area contributed by atoms with Crippen LogP contribution in [0.25, 0.3) is 0 Å². The molecule has 2 amide bonds. The van der Waals surface area contributed by atoms with Crippen LogP contribution in [0, 0.1) is 17.1 Å². The predicted molar refractivity (Wildman–Crippen MR) is 120 cm³/mol. The highest BCUT2D eigenvalue weighted by atomic mass is 35.5. The standard InChI is InChI=1S/C25H19ClFN3O3/c26-16-11-19-17(20(27)12-16)8-9-21(19)30(25(33)18-6-1-2-7-22(18)31)23(24(29)32)15-5-3-4-14(10-15)13-28/h1-7,10-12,21,23,31H,8-9H2,(H2,29,32)/t21-,23?/m1/s1. The Morgan fingerprint density at radius 1 is 1.18 bits per heavy atom. The Kier molecular flexibility index (Phi) is 6.03. The van der Waals surface area contributed by atoms with Gasteiger partial charge in [-0.15, -0.1) is 0 Å². The van der Waals surface area contributed by atoms with Crippen LogP contribution in [-0.2, 0) is 11.2 Å². The van der Waals surface area contributed by atoms with Crippen LogP contribution in [0.5, 0.6) is 5.75 Å². The monoisotopic (exact) mass is 463 g/mol. The van der Waals surface area contributed by atoms with E-state index in [1.165, 1.54) is 29.2 Å². The van der Waals surface area contributed by atoms with E-state index >= 15 is 0 Å². The number of fused-ring (bicyclic) bond motifs is 1. The molecule has 3 aromatic rings. The fourth-order valence-corrected chi connectivity index (χ4v) is 4.60. The zero-order valence-corrected chi connectivity index (χ0v) is 18.1. The number of carbonyl (C=O) groups excluding carboxylic acids is 2. The Balaban J connectivity index is 1.92. The predicted octanol–water partition coefficient (Wildman–Crippen LogP) is 4.41. The third-order valence-corrected chi connectivity index (χ3v) is 6.02. The van der Waals surface area contributed by atoms with E-state index in [4.69, 9.17) is 17.3 Å². The molecule has 6 nitrogen and oxygen atoms in total. The van der Waals surface area contributed by atoms with Crippen molar-refractivity contribution in [3.8, 4) is 11.8 Å². The van der Waals surface area contributed by atoms with Gasteiger partial charge in [0.2, 0.25) is 5.91 Å². The lowest BCUT2D eigenvalue weighted by Gasteiger charge is -2.36. The van der Waals surface area contributed by atoms with Crippen molar-refractivity contribution in [1.82, 2.24) is 4.90 Å². The smallest absolute Gasteiger partial charge is 0.259 e. The van der Waals surface area contributed by atoms with E-state index in [2.05, 4.69) is 0 Å². The molecule has 166 valence electrons. The Morgan fingerprint density at radius 3 is 2.64 bits per heavy atom. The SMILES string of the molecule is N#Cc1cccc(C(C(N)=O)N(C(=O)c2ccccc2O)[C@@H]2CCc3c(F)cc(Cl)cc32)c1. The van der Waals surface area contributed by atoms with Crippen LogP contribution in [0.4, 0.5) is 4.39 Å². The lowest BCUT2D eigenvalue weighted by molar-refractivity contribution is -0.123. The molecule has 1 unspecified atom stereocenters. The Bertz CT molecular complexity index is 1300. The number of hydrogen-bond acceptors (Lipinski definition) is 4. The lowest BCUT2D eigenvalue weighted by Crippen LogP contribution is -2.43. The van der Waals surface area contributed by atoms with Crippen LogP contribution in [0.15, 0.2) is 60.7 Å². The first-order valence-corrected chi connectivity index (χ1v) is 10.6. The number of nitriles is 1. The van der Waals surface area contributed by atoms with Gasteiger partial charge >= 0.3 is 0 Å². The number of hydrogen-bond donors (Lipinski definition) is 2. The highest BCUT2D eigenvalue weighted by Gasteiger charge is 2.41. The molecule has 0 saturated heterocycles. The lowest BCUT2D eigenvalue weighted by atomic mass is 9.96. The van der Waals surface area contributed by atoms with Crippen LogP contribution in [0.3, 0.4) is 0 Å². The van der Waals surface area contributed by atoms with Gasteiger partial charge in [-0.05, 0) is 65.9 Å². The molecule has 0 bridgehead atoms. The summed E-state index contributed by atoms with van der Waals surface area (Å²) in [6.45, 7) is 0. The van der Waals surface area contributed by atoms with Crippen LogP contribution < -0.4 is 5.73 Å². The molecule has 8 heteroatoms. The van der Waals surface area contributed by atoms with Crippen LogP contribution in [0.2, 0.25) is 5.02 Å². The molecule has 3 aromatic carbocycles. The fourth-order valence-electron chi connectivity index (χ4n) is 4.38. The first-order chi connectivity index (χ1) is 15.8. The summed E-state index contributed by atoms with van der Waals surface area (Å²) in [5, 5.41) is 19.8. The summed E-state index contributed by atoms with van der Waals surface area (Å²) in [7, 11) is 0. The van der Waals surface area contributed by atoms with E-state index in [-0.39, 0.29) is 21.9 Å². The van der Waals surface area contributed by atoms with Gasteiger partial charge in [0.1, 0.15) is 17.6 Å². The highest BCUT2D eigenvalue weighted by Crippen LogP contribution is 2.43. The third-order valence-electron chi connectivity index (χ3n) is 5.81. The maximum atomic E-state index is 14.6. The second kappa shape index (κ2) is 8.93. The second-order valence-electron chi connectivity index (χ2n) is 7.78. The zero-order valence-electron chi connectivity index (χ0n) is 17.3. The quantitative estimate of drug-likeness (QED) is 0.584. The summed E-state index contributed by atoms with van der Waals surface area (Å²) in [6, 6.07) is 15.0. The highest BCUT2D eigenvalue weighted by molar-refractivity contribution is 6.30. The van der Waals surface area contributed by atoms with Gasteiger partial charge in [-0.2, -0.15) is 5.26 Å². The van der Waals surface area contributed by atoms with Crippen LogP contribution in [-0.4, -0.2) is 21.8 Å². The number of amides is 2. The first-order valence-electron chi connectivity index (χ1n) is 10.2. The van der Waals surface area contributed by atoms with Crippen molar-refractivity contribution in [1.29, 1.82) is 5.26 Å². The van der Waals surface area contributed by atoms with Gasteiger partial charge in [0, 0.05) is 5.02 Å². The van der Waals surface area contributed by atoms with E-state index in [1.54, 1.807) is 36.4 Å². The van der Waals surface area contributed by atoms with E-state index in [0.717, 1.165) is 0 Å². The molecule has 0 aromatic heterocycles. The molecule has 2 atom stereocenters. The van der Waals surface area contributed by atoms with Gasteiger partial charge in [-0.25, -0.2) is 4.39 Å². The number of phenols is 1. The van der Waals surface area contributed by atoms with Crippen LogP contribution >= 0.6 is 11.6 Å². The summed E-state index contributed by atoms with van der Waals surface area (Å²) in [5.74, 6) is -2.24. The van der Waals surface area contributed by atoms with Crippen molar-refractivity contribution in [2.75, 3.05) is 0 Å². The molecule has 1 aliphatic rings. The minimum absolute atomic E-state index is 0.0314. The molecule has 33 heavy (non-hydrogen) atoms. The minimum atomic E-state index is -1.27. The maximum Gasteiger partial charge on any atom is 0.259 e. The number of rotatable bonds is 5. The topological polar surface area (TPSA) is 107 Å². The number of aromatic hydroxyl groups is 1. The van der Waals surface area contributed by atoms with Gasteiger partial charge in [-0.3, -0.25) is 9.59 Å². The molecule has 1 aliphatic carbocycles. The van der Waals surface area contributed by atoms with E-state index in [9.17, 15) is 24.3 Å². The largest absolute Gasteiger partial charge is 0.507 e. The molecule has 4 rings (SSSR count). The van der Waals surface area contributed by atoms with Crippen molar-refractivity contribution in [2.45, 2.75) is 24.9 Å². The summed E-state index contributed by atoms with van der Waals surface area (Å²) >= 11 is 6.11. The molecular weight excluding hydrogens is 445 g/mol.